The highest BCUT2D eigenvalue weighted by Crippen LogP contribution is 2.21. The molecule has 134 valence electrons. The van der Waals surface area contributed by atoms with E-state index in [0.717, 1.165) is 25.9 Å². The molecule has 0 amide bonds. The van der Waals surface area contributed by atoms with Crippen LogP contribution in [0.15, 0.2) is 36.5 Å². The van der Waals surface area contributed by atoms with Crippen LogP contribution in [0.4, 0.5) is 17.5 Å². The number of aromatic nitrogens is 2. The summed E-state index contributed by atoms with van der Waals surface area (Å²) >= 11 is 0. The number of hydrogen-bond acceptors (Lipinski definition) is 6. The molecule has 6 nitrogen and oxygen atoms in total. The molecule has 0 aliphatic carbocycles. The fraction of sp³-hybridized carbons (Fsp3) is 0.421. The number of ether oxygens (including phenoxy) is 1. The first-order valence-electron chi connectivity index (χ1n) is 8.80. The molecule has 1 heterocycles. The van der Waals surface area contributed by atoms with Crippen molar-refractivity contribution in [2.75, 3.05) is 29.9 Å². The lowest BCUT2D eigenvalue weighted by atomic mass is 10.2. The summed E-state index contributed by atoms with van der Waals surface area (Å²) in [6.45, 7) is 8.24. The molecule has 0 bridgehead atoms. The average Bonchev–Trinajstić information content (AvgIpc) is 2.62. The monoisotopic (exact) mass is 342 g/mol. The molecule has 25 heavy (non-hydrogen) atoms. The van der Waals surface area contributed by atoms with Gasteiger partial charge in [0.25, 0.3) is 0 Å². The summed E-state index contributed by atoms with van der Waals surface area (Å²) in [6.07, 6.45) is 3.80. The van der Waals surface area contributed by atoms with Gasteiger partial charge in [0.15, 0.2) is 0 Å². The van der Waals surface area contributed by atoms with Crippen LogP contribution >= 0.6 is 0 Å². The Balaban J connectivity index is 2.24. The molecule has 0 saturated carbocycles. The lowest BCUT2D eigenvalue weighted by Gasteiger charge is -2.21. The number of rotatable bonds is 9. The van der Waals surface area contributed by atoms with Crippen LogP contribution in [0, 0.1) is 0 Å². The van der Waals surface area contributed by atoms with Crippen LogP contribution in [-0.2, 0) is 4.74 Å². The molecule has 0 atom stereocenters. The van der Waals surface area contributed by atoms with Gasteiger partial charge in [-0.3, -0.25) is 0 Å². The van der Waals surface area contributed by atoms with Gasteiger partial charge in [0.2, 0.25) is 5.95 Å². The smallest absolute Gasteiger partial charge is 0.340 e. The standard InChI is InChI=1S/C19H26N4O2/c1-4-13-23(14-5-2)19-20-12-11-17(22-19)21-16-10-8-7-9-15(16)18(24)25-6-3/h7-12H,4-6,13-14H2,1-3H3,(H,20,21,22). The summed E-state index contributed by atoms with van der Waals surface area (Å²) in [5.74, 6) is 1.000. The van der Waals surface area contributed by atoms with Gasteiger partial charge in [-0.1, -0.05) is 26.0 Å². The van der Waals surface area contributed by atoms with E-state index in [1.165, 1.54) is 0 Å². The van der Waals surface area contributed by atoms with Gasteiger partial charge in [-0.05, 0) is 38.0 Å². The Hall–Kier alpha value is -2.63. The molecule has 0 radical (unpaired) electrons. The first kappa shape index (κ1) is 18.7. The molecule has 1 aromatic carbocycles. The van der Waals surface area contributed by atoms with E-state index >= 15 is 0 Å². The molecule has 0 spiro atoms. The Morgan fingerprint density at radius 3 is 2.52 bits per heavy atom. The number of nitrogens with one attached hydrogen (secondary N) is 1. The Morgan fingerprint density at radius 1 is 1.12 bits per heavy atom. The largest absolute Gasteiger partial charge is 0.462 e. The van der Waals surface area contributed by atoms with E-state index in [1.54, 1.807) is 25.3 Å². The van der Waals surface area contributed by atoms with Gasteiger partial charge in [0.1, 0.15) is 5.82 Å². The first-order chi connectivity index (χ1) is 12.2. The molecule has 6 heteroatoms. The number of para-hydroxylation sites is 1. The fourth-order valence-electron chi connectivity index (χ4n) is 2.54. The number of hydrogen-bond donors (Lipinski definition) is 1. The van der Waals surface area contributed by atoms with Gasteiger partial charge in [-0.2, -0.15) is 4.98 Å². The maximum absolute atomic E-state index is 12.1. The van der Waals surface area contributed by atoms with Crippen molar-refractivity contribution >= 4 is 23.4 Å². The number of anilines is 3. The van der Waals surface area contributed by atoms with Crippen molar-refractivity contribution in [2.24, 2.45) is 0 Å². The second-order valence-electron chi connectivity index (χ2n) is 5.62. The zero-order valence-electron chi connectivity index (χ0n) is 15.2. The van der Waals surface area contributed by atoms with Crippen LogP contribution in [0.25, 0.3) is 0 Å². The molecule has 2 aromatic rings. The first-order valence-corrected chi connectivity index (χ1v) is 8.80. The second-order valence-corrected chi connectivity index (χ2v) is 5.62. The summed E-state index contributed by atoms with van der Waals surface area (Å²) in [4.78, 5) is 23.3. The quantitative estimate of drug-likeness (QED) is 0.694. The number of esters is 1. The maximum Gasteiger partial charge on any atom is 0.340 e. The summed E-state index contributed by atoms with van der Waals surface area (Å²) in [6, 6.07) is 9.05. The fourth-order valence-corrected chi connectivity index (χ4v) is 2.54. The zero-order valence-corrected chi connectivity index (χ0v) is 15.2. The predicted octanol–water partition coefficient (Wildman–Crippen LogP) is 4.02. The van der Waals surface area contributed by atoms with Crippen LogP contribution in [0.3, 0.4) is 0 Å². The molecule has 0 fully saturated rings. The predicted molar refractivity (Wildman–Crippen MR) is 101 cm³/mol. The van der Waals surface area contributed by atoms with E-state index in [2.05, 4.69) is 34.0 Å². The third-order valence-electron chi connectivity index (χ3n) is 3.60. The van der Waals surface area contributed by atoms with Crippen molar-refractivity contribution in [2.45, 2.75) is 33.6 Å². The Kier molecular flexibility index (Phi) is 7.19. The van der Waals surface area contributed by atoms with Crippen molar-refractivity contribution in [3.63, 3.8) is 0 Å². The van der Waals surface area contributed by atoms with Gasteiger partial charge in [0, 0.05) is 19.3 Å². The van der Waals surface area contributed by atoms with Crippen LogP contribution in [0.2, 0.25) is 0 Å². The average molecular weight is 342 g/mol. The normalized spacial score (nSPS) is 10.4. The third kappa shape index (κ3) is 5.17. The molecular weight excluding hydrogens is 316 g/mol. The highest BCUT2D eigenvalue weighted by Gasteiger charge is 2.13. The number of carbonyl (C=O) groups excluding carboxylic acids is 1. The SMILES string of the molecule is CCCN(CCC)c1nccc(Nc2ccccc2C(=O)OCC)n1. The molecule has 2 rings (SSSR count). The maximum atomic E-state index is 12.1. The van der Waals surface area contributed by atoms with Crippen LogP contribution < -0.4 is 10.2 Å². The van der Waals surface area contributed by atoms with E-state index in [9.17, 15) is 4.79 Å². The van der Waals surface area contributed by atoms with Crippen LogP contribution in [0.1, 0.15) is 44.0 Å². The zero-order chi connectivity index (χ0) is 18.1. The summed E-state index contributed by atoms with van der Waals surface area (Å²) < 4.78 is 5.11. The van der Waals surface area contributed by atoms with E-state index < -0.39 is 0 Å². The van der Waals surface area contributed by atoms with E-state index in [4.69, 9.17) is 4.74 Å². The van der Waals surface area contributed by atoms with Gasteiger partial charge in [-0.15, -0.1) is 0 Å². The van der Waals surface area contributed by atoms with Crippen molar-refractivity contribution in [1.82, 2.24) is 9.97 Å². The van der Waals surface area contributed by atoms with Crippen LogP contribution in [-0.4, -0.2) is 35.6 Å². The van der Waals surface area contributed by atoms with E-state index in [0.29, 0.717) is 29.6 Å². The number of benzene rings is 1. The minimum atomic E-state index is -0.349. The molecule has 0 aliphatic rings. The van der Waals surface area contributed by atoms with Crippen molar-refractivity contribution < 1.29 is 9.53 Å². The Bertz CT molecular complexity index is 685. The van der Waals surface area contributed by atoms with Crippen molar-refractivity contribution in [1.29, 1.82) is 0 Å². The van der Waals surface area contributed by atoms with Gasteiger partial charge in [-0.25, -0.2) is 9.78 Å². The number of nitrogens with zero attached hydrogens (tertiary/aromatic N) is 3. The minimum Gasteiger partial charge on any atom is -0.462 e. The molecule has 0 unspecified atom stereocenters. The molecule has 0 aliphatic heterocycles. The lowest BCUT2D eigenvalue weighted by molar-refractivity contribution is 0.0527. The van der Waals surface area contributed by atoms with Gasteiger partial charge < -0.3 is 15.0 Å². The van der Waals surface area contributed by atoms with E-state index in [1.807, 2.05) is 18.2 Å². The van der Waals surface area contributed by atoms with Crippen LogP contribution in [0.5, 0.6) is 0 Å². The highest BCUT2D eigenvalue weighted by molar-refractivity contribution is 5.96. The summed E-state index contributed by atoms with van der Waals surface area (Å²) in [5.41, 5.74) is 1.16. The molecule has 1 N–H and O–H groups in total. The lowest BCUT2D eigenvalue weighted by Crippen LogP contribution is -2.27. The van der Waals surface area contributed by atoms with Gasteiger partial charge >= 0.3 is 5.97 Å². The topological polar surface area (TPSA) is 67.4 Å². The molecular formula is C19H26N4O2. The van der Waals surface area contributed by atoms with Gasteiger partial charge in [0.05, 0.1) is 17.9 Å². The molecule has 0 saturated heterocycles. The second kappa shape index (κ2) is 9.61. The van der Waals surface area contributed by atoms with Crippen molar-refractivity contribution in [3.8, 4) is 0 Å². The summed E-state index contributed by atoms with van der Waals surface area (Å²) in [7, 11) is 0. The molecule has 1 aromatic heterocycles. The Morgan fingerprint density at radius 2 is 1.84 bits per heavy atom. The summed E-state index contributed by atoms with van der Waals surface area (Å²) in [5, 5.41) is 3.21. The highest BCUT2D eigenvalue weighted by atomic mass is 16.5. The minimum absolute atomic E-state index is 0.341. The van der Waals surface area contributed by atoms with Crippen molar-refractivity contribution in [3.05, 3.63) is 42.1 Å². The third-order valence-corrected chi connectivity index (χ3v) is 3.60. The van der Waals surface area contributed by atoms with E-state index in [-0.39, 0.29) is 5.97 Å². The Labute approximate surface area is 149 Å². The number of carbonyl (C=O) groups is 1.